The van der Waals surface area contributed by atoms with Crippen molar-refractivity contribution < 1.29 is 0 Å². The Morgan fingerprint density at radius 3 is 0.812 bits per heavy atom. The fourth-order valence-corrected chi connectivity index (χ4v) is 6.06. The van der Waals surface area contributed by atoms with Crippen LogP contribution in [0.5, 0.6) is 0 Å². The van der Waals surface area contributed by atoms with Gasteiger partial charge >= 0.3 is 0 Å². The molecule has 0 aromatic heterocycles. The van der Waals surface area contributed by atoms with E-state index in [-0.39, 0.29) is 0 Å². The second kappa shape index (κ2) is 13.1. The Hall–Kier alpha value is -0.160. The number of unbranched alkanes of at least 4 members (excludes halogenated alkanes) is 7. The second-order valence-electron chi connectivity index (χ2n) is 9.43. The lowest BCUT2D eigenvalue weighted by Gasteiger charge is -2.17. The molecule has 0 spiro atoms. The lowest BCUT2D eigenvalue weighted by atomic mass is 9.94. The van der Waals surface area contributed by atoms with E-state index in [1.54, 1.807) is 0 Å². The summed E-state index contributed by atoms with van der Waals surface area (Å²) in [4.78, 5) is 4.45. The summed E-state index contributed by atoms with van der Waals surface area (Å²) < 4.78 is 0. The molecule has 4 heteroatoms. The van der Waals surface area contributed by atoms with Gasteiger partial charge in [0.1, 0.15) is 0 Å². The molecular formula is C28H42S4. The highest BCUT2D eigenvalue weighted by atomic mass is 32.1. The molecule has 178 valence electrons. The molecule has 0 fully saturated rings. The van der Waals surface area contributed by atoms with Crippen molar-refractivity contribution in [3.8, 4) is 0 Å². The zero-order chi connectivity index (χ0) is 24.0. The molecule has 2 aromatic rings. The molecular weight excluding hydrogens is 465 g/mol. The predicted octanol–water partition coefficient (Wildman–Crippen LogP) is 9.60. The minimum Gasteiger partial charge on any atom is -0.143 e. The van der Waals surface area contributed by atoms with Gasteiger partial charge in [-0.15, -0.1) is 50.5 Å². The van der Waals surface area contributed by atoms with Crippen LogP contribution in [0.25, 0.3) is 0 Å². The lowest BCUT2D eigenvalue weighted by Crippen LogP contribution is -2.00. The molecule has 0 nitrogen and oxygen atoms in total. The quantitative estimate of drug-likeness (QED) is 0.169. The van der Waals surface area contributed by atoms with E-state index < -0.39 is 0 Å². The summed E-state index contributed by atoms with van der Waals surface area (Å²) in [5.41, 5.74) is 10.7. The van der Waals surface area contributed by atoms with Gasteiger partial charge in [-0.25, -0.2) is 0 Å². The maximum absolute atomic E-state index is 4.71. The van der Waals surface area contributed by atoms with Crippen LogP contribution in [0, 0.1) is 41.5 Å². The molecule has 0 N–H and O–H groups in total. The van der Waals surface area contributed by atoms with Crippen molar-refractivity contribution in [1.29, 1.82) is 0 Å². The molecule has 0 amide bonds. The van der Waals surface area contributed by atoms with Crippen LogP contribution < -0.4 is 0 Å². The molecule has 2 rings (SSSR count). The van der Waals surface area contributed by atoms with E-state index >= 15 is 0 Å². The first kappa shape index (κ1) is 28.1. The van der Waals surface area contributed by atoms with Crippen LogP contribution >= 0.6 is 50.5 Å². The minimum atomic E-state index is 1.11. The standard InChI is InChI=1S/C28H42S4/c1-17-23(18(2)26(30)21(5)25(17)29)15-13-11-9-7-8-10-12-14-16-24-19(3)27(31)22(6)28(32)20(24)4/h29-32H,7-16H2,1-6H3. The number of rotatable bonds is 11. The summed E-state index contributed by atoms with van der Waals surface area (Å²) in [6.45, 7) is 13.1. The first-order chi connectivity index (χ1) is 15.1. The molecule has 2 aromatic carbocycles. The van der Waals surface area contributed by atoms with Crippen molar-refractivity contribution in [3.05, 3.63) is 44.5 Å². The van der Waals surface area contributed by atoms with E-state index in [1.807, 2.05) is 0 Å². The van der Waals surface area contributed by atoms with Crippen molar-refractivity contribution in [3.63, 3.8) is 0 Å². The van der Waals surface area contributed by atoms with Gasteiger partial charge < -0.3 is 0 Å². The van der Waals surface area contributed by atoms with Crippen LogP contribution in [0.1, 0.15) is 95.9 Å². The van der Waals surface area contributed by atoms with Gasteiger partial charge in [-0.05, 0) is 112 Å². The summed E-state index contributed by atoms with van der Waals surface area (Å²) in [6, 6.07) is 0. The largest absolute Gasteiger partial charge is 0.143 e. The first-order valence-electron chi connectivity index (χ1n) is 12.1. The van der Waals surface area contributed by atoms with E-state index in [1.165, 1.54) is 95.9 Å². The van der Waals surface area contributed by atoms with Gasteiger partial charge in [0.05, 0.1) is 0 Å². The number of hydrogen-bond donors (Lipinski definition) is 4. The monoisotopic (exact) mass is 506 g/mol. The summed E-state index contributed by atoms with van der Waals surface area (Å²) >= 11 is 18.8. The van der Waals surface area contributed by atoms with E-state index in [0.29, 0.717) is 0 Å². The Morgan fingerprint density at radius 2 is 0.562 bits per heavy atom. The van der Waals surface area contributed by atoms with Crippen molar-refractivity contribution in [2.45, 2.75) is 125 Å². The molecule has 0 heterocycles. The smallest absolute Gasteiger partial charge is 0.0113 e. The summed E-state index contributed by atoms with van der Waals surface area (Å²) in [5, 5.41) is 0. The summed E-state index contributed by atoms with van der Waals surface area (Å²) in [7, 11) is 0. The van der Waals surface area contributed by atoms with Crippen molar-refractivity contribution >= 4 is 50.5 Å². The Morgan fingerprint density at radius 1 is 0.344 bits per heavy atom. The fourth-order valence-electron chi connectivity index (χ4n) is 4.90. The second-order valence-corrected chi connectivity index (χ2v) is 11.2. The third-order valence-electron chi connectivity index (χ3n) is 7.26. The third-order valence-corrected chi connectivity index (χ3v) is 9.94. The molecule has 0 bridgehead atoms. The van der Waals surface area contributed by atoms with Gasteiger partial charge in [0.25, 0.3) is 0 Å². The van der Waals surface area contributed by atoms with Crippen LogP contribution in [0.15, 0.2) is 19.6 Å². The van der Waals surface area contributed by atoms with Crippen LogP contribution in [0.4, 0.5) is 0 Å². The van der Waals surface area contributed by atoms with Crippen LogP contribution in [0.2, 0.25) is 0 Å². The first-order valence-corrected chi connectivity index (χ1v) is 13.9. The van der Waals surface area contributed by atoms with Crippen molar-refractivity contribution in [2.24, 2.45) is 0 Å². The van der Waals surface area contributed by atoms with Gasteiger partial charge in [0.2, 0.25) is 0 Å². The van der Waals surface area contributed by atoms with Gasteiger partial charge in [-0.2, -0.15) is 0 Å². The number of thiol groups is 4. The van der Waals surface area contributed by atoms with Crippen LogP contribution in [-0.2, 0) is 12.8 Å². The summed E-state index contributed by atoms with van der Waals surface area (Å²) in [5.74, 6) is 0. The molecule has 0 unspecified atom stereocenters. The molecule has 0 saturated heterocycles. The van der Waals surface area contributed by atoms with Gasteiger partial charge in [0, 0.05) is 19.6 Å². The van der Waals surface area contributed by atoms with E-state index in [0.717, 1.165) is 32.4 Å². The molecule has 0 aliphatic heterocycles. The number of hydrogen-bond acceptors (Lipinski definition) is 4. The van der Waals surface area contributed by atoms with Gasteiger partial charge in [-0.1, -0.05) is 38.5 Å². The van der Waals surface area contributed by atoms with E-state index in [9.17, 15) is 0 Å². The highest BCUT2D eigenvalue weighted by molar-refractivity contribution is 7.81. The lowest BCUT2D eigenvalue weighted by molar-refractivity contribution is 0.566. The molecule has 0 saturated carbocycles. The highest BCUT2D eigenvalue weighted by Crippen LogP contribution is 2.34. The van der Waals surface area contributed by atoms with Crippen LogP contribution in [-0.4, -0.2) is 0 Å². The fraction of sp³-hybridized carbons (Fsp3) is 0.571. The zero-order valence-electron chi connectivity index (χ0n) is 20.9. The van der Waals surface area contributed by atoms with E-state index in [4.69, 9.17) is 50.5 Å². The summed E-state index contributed by atoms with van der Waals surface area (Å²) in [6.07, 6.45) is 12.8. The number of benzene rings is 2. The Kier molecular flexibility index (Phi) is 11.5. The maximum Gasteiger partial charge on any atom is 0.0113 e. The Balaban J connectivity index is 1.66. The van der Waals surface area contributed by atoms with Crippen molar-refractivity contribution in [2.75, 3.05) is 0 Å². The van der Waals surface area contributed by atoms with Crippen molar-refractivity contribution in [1.82, 2.24) is 0 Å². The average Bonchev–Trinajstić information content (AvgIpc) is 2.78. The average molecular weight is 507 g/mol. The highest BCUT2D eigenvalue weighted by Gasteiger charge is 2.14. The molecule has 0 aliphatic rings. The Bertz CT molecular complexity index is 808. The SMILES string of the molecule is Cc1c(S)c(C)c(CCCCCCCCCCc2c(C)c(S)c(C)c(S)c2C)c(C)c1S. The van der Waals surface area contributed by atoms with E-state index in [2.05, 4.69) is 41.5 Å². The maximum atomic E-state index is 4.71. The normalized spacial score (nSPS) is 11.4. The Labute approximate surface area is 219 Å². The molecule has 0 radical (unpaired) electrons. The molecule has 32 heavy (non-hydrogen) atoms. The van der Waals surface area contributed by atoms with Gasteiger partial charge in [0.15, 0.2) is 0 Å². The minimum absolute atomic E-state index is 1.11. The predicted molar refractivity (Wildman–Crippen MR) is 155 cm³/mol. The van der Waals surface area contributed by atoms with Gasteiger partial charge in [-0.3, -0.25) is 0 Å². The third kappa shape index (κ3) is 6.71. The van der Waals surface area contributed by atoms with Crippen LogP contribution in [0.3, 0.4) is 0 Å². The topological polar surface area (TPSA) is 0 Å². The molecule has 0 aliphatic carbocycles. The molecule has 0 atom stereocenters. The zero-order valence-corrected chi connectivity index (χ0v) is 24.4.